The lowest BCUT2D eigenvalue weighted by Gasteiger charge is -2.14. The van der Waals surface area contributed by atoms with Crippen LogP contribution in [-0.2, 0) is 21.2 Å². The van der Waals surface area contributed by atoms with Gasteiger partial charge < -0.3 is 15.1 Å². The number of anilines is 1. The van der Waals surface area contributed by atoms with Gasteiger partial charge in [-0.2, -0.15) is 0 Å². The van der Waals surface area contributed by atoms with Gasteiger partial charge in [0.25, 0.3) is 0 Å². The first kappa shape index (κ1) is 20.0. The van der Waals surface area contributed by atoms with E-state index < -0.39 is 9.84 Å². The minimum Gasteiger partial charge on any atom is -0.467 e. The van der Waals surface area contributed by atoms with E-state index in [1.807, 2.05) is 0 Å². The molecule has 0 radical (unpaired) electrons. The van der Waals surface area contributed by atoms with Crippen LogP contribution in [-0.4, -0.2) is 20.9 Å². The fourth-order valence-electron chi connectivity index (χ4n) is 2.62. The molecule has 0 saturated heterocycles. The van der Waals surface area contributed by atoms with Crippen molar-refractivity contribution in [3.63, 3.8) is 0 Å². The van der Waals surface area contributed by atoms with E-state index >= 15 is 0 Å². The second-order valence-corrected chi connectivity index (χ2v) is 8.37. The van der Waals surface area contributed by atoms with Crippen molar-refractivity contribution >= 4 is 33.0 Å². The van der Waals surface area contributed by atoms with Gasteiger partial charge in [0.1, 0.15) is 5.76 Å². The quantitative estimate of drug-likeness (QED) is 0.609. The number of amides is 1. The molecule has 0 aliphatic heterocycles. The number of carbonyl (C=O) groups excluding carboxylic acids is 1. The van der Waals surface area contributed by atoms with E-state index in [-0.39, 0.29) is 27.3 Å². The molecule has 1 amide bonds. The molecule has 6 nitrogen and oxygen atoms in total. The summed E-state index contributed by atoms with van der Waals surface area (Å²) in [5, 5.41) is 5.83. The molecule has 2 N–H and O–H groups in total. The molecule has 1 heterocycles. The minimum atomic E-state index is -3.72. The van der Waals surface area contributed by atoms with Gasteiger partial charge in [0.2, 0.25) is 15.7 Å². The third-order valence-electron chi connectivity index (χ3n) is 4.17. The van der Waals surface area contributed by atoms with Gasteiger partial charge in [-0.3, -0.25) is 4.79 Å². The molecule has 0 spiro atoms. The third kappa shape index (κ3) is 4.37. The van der Waals surface area contributed by atoms with Crippen LogP contribution >= 0.6 is 11.6 Å². The molecular weight excluding hydrogens is 400 g/mol. The molecule has 0 atom stereocenters. The Morgan fingerprint density at radius 3 is 2.50 bits per heavy atom. The van der Waals surface area contributed by atoms with Crippen LogP contribution in [0.3, 0.4) is 0 Å². The van der Waals surface area contributed by atoms with Crippen LogP contribution in [0, 0.1) is 6.92 Å². The first-order valence-electron chi connectivity index (χ1n) is 8.52. The lowest BCUT2D eigenvalue weighted by Crippen LogP contribution is -2.29. The highest BCUT2D eigenvalue weighted by Crippen LogP contribution is 2.33. The maximum atomic E-state index is 12.8. The zero-order valence-corrected chi connectivity index (χ0v) is 16.7. The van der Waals surface area contributed by atoms with Crippen molar-refractivity contribution in [1.29, 1.82) is 0 Å². The summed E-state index contributed by atoms with van der Waals surface area (Å²) in [5.74, 6) is 0.427. The smallest absolute Gasteiger partial charge is 0.239 e. The minimum absolute atomic E-state index is 0.0165. The van der Waals surface area contributed by atoms with Crippen molar-refractivity contribution in [3.8, 4) is 0 Å². The molecule has 0 aliphatic carbocycles. The Balaban J connectivity index is 1.71. The number of carbonyl (C=O) groups is 1. The number of benzene rings is 2. The molecule has 146 valence electrons. The SMILES string of the molecule is Cc1c(NCC(=O)NCc2ccco2)ccc(S(=O)(=O)c2ccccc2)c1Cl. The molecule has 1 aromatic heterocycles. The lowest BCUT2D eigenvalue weighted by atomic mass is 10.2. The van der Waals surface area contributed by atoms with E-state index in [9.17, 15) is 13.2 Å². The Hall–Kier alpha value is -2.77. The molecule has 0 unspecified atom stereocenters. The first-order chi connectivity index (χ1) is 13.4. The van der Waals surface area contributed by atoms with E-state index in [0.29, 0.717) is 23.6 Å². The number of sulfone groups is 1. The van der Waals surface area contributed by atoms with E-state index in [0.717, 1.165) is 0 Å². The average molecular weight is 419 g/mol. The molecule has 0 aliphatic rings. The molecule has 28 heavy (non-hydrogen) atoms. The summed E-state index contributed by atoms with van der Waals surface area (Å²) in [6, 6.07) is 14.7. The maximum absolute atomic E-state index is 12.8. The maximum Gasteiger partial charge on any atom is 0.239 e. The number of rotatable bonds is 7. The van der Waals surface area contributed by atoms with Crippen LogP contribution in [0.1, 0.15) is 11.3 Å². The summed E-state index contributed by atoms with van der Waals surface area (Å²) >= 11 is 6.34. The van der Waals surface area contributed by atoms with Crippen molar-refractivity contribution in [3.05, 3.63) is 77.2 Å². The number of hydrogen-bond acceptors (Lipinski definition) is 5. The Morgan fingerprint density at radius 2 is 1.82 bits per heavy atom. The van der Waals surface area contributed by atoms with Gasteiger partial charge in [0, 0.05) is 5.69 Å². The molecule has 0 saturated carbocycles. The van der Waals surface area contributed by atoms with Gasteiger partial charge in [-0.15, -0.1) is 0 Å². The van der Waals surface area contributed by atoms with Gasteiger partial charge in [-0.25, -0.2) is 8.42 Å². The topological polar surface area (TPSA) is 88.4 Å². The van der Waals surface area contributed by atoms with Gasteiger partial charge >= 0.3 is 0 Å². The Morgan fingerprint density at radius 1 is 1.07 bits per heavy atom. The van der Waals surface area contributed by atoms with Gasteiger partial charge in [-0.1, -0.05) is 29.8 Å². The fourth-order valence-corrected chi connectivity index (χ4v) is 4.50. The predicted octanol–water partition coefficient (Wildman–Crippen LogP) is 3.80. The Labute approximate surface area is 168 Å². The van der Waals surface area contributed by atoms with Crippen LogP contribution in [0.4, 0.5) is 5.69 Å². The van der Waals surface area contributed by atoms with Crippen LogP contribution in [0.15, 0.2) is 75.1 Å². The fraction of sp³-hybridized carbons (Fsp3) is 0.150. The zero-order chi connectivity index (χ0) is 20.1. The van der Waals surface area contributed by atoms with Crippen molar-refractivity contribution < 1.29 is 17.6 Å². The van der Waals surface area contributed by atoms with Crippen molar-refractivity contribution in [2.75, 3.05) is 11.9 Å². The highest BCUT2D eigenvalue weighted by atomic mass is 35.5. The molecule has 3 aromatic rings. The number of nitrogens with one attached hydrogen (secondary N) is 2. The van der Waals surface area contributed by atoms with Crippen LogP contribution < -0.4 is 10.6 Å². The van der Waals surface area contributed by atoms with Gasteiger partial charge in [0.15, 0.2) is 0 Å². The normalized spacial score (nSPS) is 11.2. The van der Waals surface area contributed by atoms with Gasteiger partial charge in [0.05, 0.1) is 34.2 Å². The van der Waals surface area contributed by atoms with Crippen LogP contribution in [0.2, 0.25) is 5.02 Å². The number of halogens is 1. The summed E-state index contributed by atoms with van der Waals surface area (Å²) in [7, 11) is -3.72. The van der Waals surface area contributed by atoms with Crippen LogP contribution in [0.25, 0.3) is 0 Å². The second-order valence-electron chi connectivity index (χ2n) is 6.08. The lowest BCUT2D eigenvalue weighted by molar-refractivity contribution is -0.119. The monoisotopic (exact) mass is 418 g/mol. The Kier molecular flexibility index (Phi) is 6.06. The molecule has 0 bridgehead atoms. The van der Waals surface area contributed by atoms with Crippen molar-refractivity contribution in [1.82, 2.24) is 5.32 Å². The second kappa shape index (κ2) is 8.50. The molecule has 0 fully saturated rings. The summed E-state index contributed by atoms with van der Waals surface area (Å²) < 4.78 is 30.8. The average Bonchev–Trinajstić information content (AvgIpc) is 3.21. The van der Waals surface area contributed by atoms with E-state index in [1.165, 1.54) is 24.5 Å². The Bertz CT molecular complexity index is 1070. The summed E-state index contributed by atoms with van der Waals surface area (Å²) in [5.41, 5.74) is 1.14. The third-order valence-corrected chi connectivity index (χ3v) is 6.58. The van der Waals surface area contributed by atoms with E-state index in [1.54, 1.807) is 43.3 Å². The summed E-state index contributed by atoms with van der Waals surface area (Å²) in [6.45, 7) is 2.01. The predicted molar refractivity (Wildman–Crippen MR) is 107 cm³/mol. The summed E-state index contributed by atoms with van der Waals surface area (Å²) in [4.78, 5) is 12.2. The number of hydrogen-bond donors (Lipinski definition) is 2. The zero-order valence-electron chi connectivity index (χ0n) is 15.1. The molecule has 8 heteroatoms. The van der Waals surface area contributed by atoms with Crippen molar-refractivity contribution in [2.24, 2.45) is 0 Å². The molecule has 2 aromatic carbocycles. The molecular formula is C20H19ClN2O4S. The van der Waals surface area contributed by atoms with Crippen LogP contribution in [0.5, 0.6) is 0 Å². The van der Waals surface area contributed by atoms with E-state index in [4.69, 9.17) is 16.0 Å². The van der Waals surface area contributed by atoms with Crippen molar-refractivity contribution in [2.45, 2.75) is 23.3 Å². The molecule has 3 rings (SSSR count). The van der Waals surface area contributed by atoms with Gasteiger partial charge in [-0.05, 0) is 48.9 Å². The standard InChI is InChI=1S/C20H19ClN2O4S/c1-14-17(22-13-19(24)23-12-15-6-5-11-27-15)9-10-18(20(14)21)28(25,26)16-7-3-2-4-8-16/h2-11,22H,12-13H2,1H3,(H,23,24). The highest BCUT2D eigenvalue weighted by Gasteiger charge is 2.22. The number of furan rings is 1. The first-order valence-corrected chi connectivity index (χ1v) is 10.4. The largest absolute Gasteiger partial charge is 0.467 e. The highest BCUT2D eigenvalue weighted by molar-refractivity contribution is 7.91. The van der Waals surface area contributed by atoms with E-state index in [2.05, 4.69) is 10.6 Å². The summed E-state index contributed by atoms with van der Waals surface area (Å²) in [6.07, 6.45) is 1.54.